The number of carbonyl (C=O) groups is 3. The van der Waals surface area contributed by atoms with Crippen LogP contribution in [0.25, 0.3) is 0 Å². The van der Waals surface area contributed by atoms with Crippen LogP contribution < -0.4 is 16.0 Å². The van der Waals surface area contributed by atoms with Gasteiger partial charge < -0.3 is 20.9 Å². The normalized spacial score (nSPS) is 19.1. The van der Waals surface area contributed by atoms with Crippen molar-refractivity contribution in [3.05, 3.63) is 60.7 Å². The zero-order valence-electron chi connectivity index (χ0n) is 20.1. The number of piperidine rings is 2. The van der Waals surface area contributed by atoms with Gasteiger partial charge in [0.2, 0.25) is 11.8 Å². The van der Waals surface area contributed by atoms with Crippen molar-refractivity contribution in [2.45, 2.75) is 38.1 Å². The van der Waals surface area contributed by atoms with Crippen molar-refractivity contribution in [3.63, 3.8) is 0 Å². The molecule has 8 nitrogen and oxygen atoms in total. The Morgan fingerprint density at radius 1 is 0.771 bits per heavy atom. The fourth-order valence-electron chi connectivity index (χ4n) is 4.84. The smallest absolute Gasteiger partial charge is 0.319 e. The number of carbonyl (C=O) groups excluding carboxylic acids is 3. The molecule has 4 rings (SSSR count). The highest BCUT2D eigenvalue weighted by Crippen LogP contribution is 2.21. The summed E-state index contributed by atoms with van der Waals surface area (Å²) in [5, 5.41) is 8.78. The van der Waals surface area contributed by atoms with Gasteiger partial charge in [0.05, 0.1) is 6.54 Å². The number of nitrogens with zero attached hydrogens (tertiary/aromatic N) is 2. The molecule has 2 aliphatic rings. The second kappa shape index (κ2) is 12.4. The van der Waals surface area contributed by atoms with Crippen molar-refractivity contribution in [2.24, 2.45) is 5.92 Å². The number of rotatable bonds is 7. The van der Waals surface area contributed by atoms with Crippen LogP contribution >= 0.6 is 0 Å². The van der Waals surface area contributed by atoms with Crippen molar-refractivity contribution in [1.82, 2.24) is 15.1 Å². The molecule has 35 heavy (non-hydrogen) atoms. The van der Waals surface area contributed by atoms with Gasteiger partial charge >= 0.3 is 6.03 Å². The summed E-state index contributed by atoms with van der Waals surface area (Å²) in [5.41, 5.74) is 1.56. The monoisotopic (exact) mass is 477 g/mol. The number of hydrogen-bond donors (Lipinski definition) is 3. The molecule has 2 saturated heterocycles. The second-order valence-corrected chi connectivity index (χ2v) is 9.33. The first-order valence-corrected chi connectivity index (χ1v) is 12.6. The first-order chi connectivity index (χ1) is 17.1. The van der Waals surface area contributed by atoms with E-state index < -0.39 is 0 Å². The molecule has 8 heteroatoms. The van der Waals surface area contributed by atoms with Gasteiger partial charge in [-0.2, -0.15) is 0 Å². The molecule has 2 aromatic carbocycles. The number of likely N-dealkylation sites (tertiary alicyclic amines) is 2. The first-order valence-electron chi connectivity index (χ1n) is 12.6. The van der Waals surface area contributed by atoms with E-state index >= 15 is 0 Å². The Hall–Kier alpha value is -3.39. The minimum absolute atomic E-state index is 0.0271. The van der Waals surface area contributed by atoms with Crippen molar-refractivity contribution < 1.29 is 14.4 Å². The fourth-order valence-corrected chi connectivity index (χ4v) is 4.84. The number of nitrogens with one attached hydrogen (secondary N) is 3. The van der Waals surface area contributed by atoms with Gasteiger partial charge in [-0.05, 0) is 56.5 Å². The van der Waals surface area contributed by atoms with E-state index in [4.69, 9.17) is 0 Å². The van der Waals surface area contributed by atoms with Crippen LogP contribution in [0.15, 0.2) is 60.7 Å². The Morgan fingerprint density at radius 3 is 2.06 bits per heavy atom. The van der Waals surface area contributed by atoms with Crippen LogP contribution in [0, 0.1) is 5.92 Å². The highest BCUT2D eigenvalue weighted by Gasteiger charge is 2.30. The summed E-state index contributed by atoms with van der Waals surface area (Å²) in [4.78, 5) is 42.0. The van der Waals surface area contributed by atoms with E-state index in [1.54, 1.807) is 0 Å². The lowest BCUT2D eigenvalue weighted by Crippen LogP contribution is -2.52. The van der Waals surface area contributed by atoms with Crippen molar-refractivity contribution in [1.29, 1.82) is 0 Å². The molecule has 0 aliphatic carbocycles. The topological polar surface area (TPSA) is 93.8 Å². The second-order valence-electron chi connectivity index (χ2n) is 9.33. The third kappa shape index (κ3) is 7.29. The molecular formula is C27H35N5O3. The van der Waals surface area contributed by atoms with Gasteiger partial charge in [0.1, 0.15) is 0 Å². The zero-order chi connectivity index (χ0) is 24.5. The van der Waals surface area contributed by atoms with E-state index in [-0.39, 0.29) is 29.8 Å². The Kier molecular flexibility index (Phi) is 8.73. The largest absolute Gasteiger partial charge is 0.342 e. The highest BCUT2D eigenvalue weighted by molar-refractivity contribution is 5.92. The number of urea groups is 1. The molecule has 4 amide bonds. The van der Waals surface area contributed by atoms with Gasteiger partial charge in [-0.25, -0.2) is 4.79 Å². The van der Waals surface area contributed by atoms with Crippen molar-refractivity contribution in [2.75, 3.05) is 43.4 Å². The molecule has 0 saturated carbocycles. The van der Waals surface area contributed by atoms with E-state index in [0.717, 1.165) is 37.2 Å². The summed E-state index contributed by atoms with van der Waals surface area (Å²) in [5.74, 6) is 0.0566. The molecule has 2 heterocycles. The van der Waals surface area contributed by atoms with Gasteiger partial charge in [-0.1, -0.05) is 42.8 Å². The standard InChI is InChI=1S/C27H35N5O3/c33-25(31-17-14-21(15-18-31)26(34)29-22-9-3-1-4-10-22)20-32-16-8-7-13-24(32)19-28-27(35)30-23-11-5-2-6-12-23/h1-6,9-12,21,24H,7-8,13-20H2,(H,29,34)(H2,28,30,35). The number of anilines is 2. The molecule has 2 fully saturated rings. The molecule has 186 valence electrons. The molecule has 0 radical (unpaired) electrons. The summed E-state index contributed by atoms with van der Waals surface area (Å²) in [6.45, 7) is 2.92. The number of amides is 4. The lowest BCUT2D eigenvalue weighted by molar-refractivity contribution is -0.136. The Labute approximate surface area is 207 Å². The fraction of sp³-hybridized carbons (Fsp3) is 0.444. The Bertz CT molecular complexity index is 977. The number of hydrogen-bond acceptors (Lipinski definition) is 4. The van der Waals surface area contributed by atoms with Crippen molar-refractivity contribution >= 4 is 29.2 Å². The maximum absolute atomic E-state index is 13.0. The van der Waals surface area contributed by atoms with Gasteiger partial charge in [0.25, 0.3) is 0 Å². The summed E-state index contributed by atoms with van der Waals surface area (Å²) < 4.78 is 0. The van der Waals surface area contributed by atoms with Crippen molar-refractivity contribution in [3.8, 4) is 0 Å². The minimum Gasteiger partial charge on any atom is -0.342 e. The van der Waals surface area contributed by atoms with Gasteiger partial charge in [0, 0.05) is 43.0 Å². The highest BCUT2D eigenvalue weighted by atomic mass is 16.2. The summed E-state index contributed by atoms with van der Waals surface area (Å²) in [6.07, 6.45) is 4.46. The average Bonchev–Trinajstić information content (AvgIpc) is 2.89. The summed E-state index contributed by atoms with van der Waals surface area (Å²) >= 11 is 0. The van der Waals surface area contributed by atoms with Crippen LogP contribution in [-0.4, -0.2) is 66.4 Å². The molecule has 0 spiro atoms. The van der Waals surface area contributed by atoms with Crippen LogP contribution in [0.4, 0.5) is 16.2 Å². The number of benzene rings is 2. The summed E-state index contributed by atoms with van der Waals surface area (Å²) in [7, 11) is 0. The zero-order valence-corrected chi connectivity index (χ0v) is 20.1. The van der Waals surface area contributed by atoms with Gasteiger partial charge in [-0.15, -0.1) is 0 Å². The molecule has 2 aromatic rings. The van der Waals surface area contributed by atoms with Crippen LogP contribution in [0.3, 0.4) is 0 Å². The Balaban J connectivity index is 1.21. The predicted molar refractivity (Wildman–Crippen MR) is 137 cm³/mol. The van der Waals surface area contributed by atoms with E-state index in [1.807, 2.05) is 65.6 Å². The lowest BCUT2D eigenvalue weighted by atomic mass is 9.95. The quantitative estimate of drug-likeness (QED) is 0.569. The van der Waals surface area contributed by atoms with Crippen LogP contribution in [-0.2, 0) is 9.59 Å². The maximum atomic E-state index is 13.0. The van der Waals surface area contributed by atoms with Crippen LogP contribution in [0.5, 0.6) is 0 Å². The van der Waals surface area contributed by atoms with Gasteiger partial charge in [-0.3, -0.25) is 14.5 Å². The SMILES string of the molecule is O=C(NCC1CCCCN1CC(=O)N1CCC(C(=O)Nc2ccccc2)CC1)Nc1ccccc1. The molecule has 3 N–H and O–H groups in total. The van der Waals surface area contributed by atoms with Gasteiger partial charge in [0.15, 0.2) is 0 Å². The summed E-state index contributed by atoms with van der Waals surface area (Å²) in [6, 6.07) is 18.7. The van der Waals surface area contributed by atoms with Crippen LogP contribution in [0.2, 0.25) is 0 Å². The maximum Gasteiger partial charge on any atom is 0.319 e. The lowest BCUT2D eigenvalue weighted by Gasteiger charge is -2.38. The third-order valence-corrected chi connectivity index (χ3v) is 6.88. The minimum atomic E-state index is -0.232. The molecule has 2 aliphatic heterocycles. The Morgan fingerprint density at radius 2 is 1.40 bits per heavy atom. The molecule has 0 aromatic heterocycles. The molecule has 1 atom stereocenters. The third-order valence-electron chi connectivity index (χ3n) is 6.88. The predicted octanol–water partition coefficient (Wildman–Crippen LogP) is 3.54. The van der Waals surface area contributed by atoms with E-state index in [9.17, 15) is 14.4 Å². The molecule has 0 bridgehead atoms. The number of para-hydroxylation sites is 2. The average molecular weight is 478 g/mol. The van der Waals surface area contributed by atoms with Crippen LogP contribution in [0.1, 0.15) is 32.1 Å². The first kappa shape index (κ1) is 24.7. The van der Waals surface area contributed by atoms with E-state index in [0.29, 0.717) is 39.0 Å². The van der Waals surface area contributed by atoms with E-state index in [1.165, 1.54) is 0 Å². The van der Waals surface area contributed by atoms with E-state index in [2.05, 4.69) is 20.9 Å². The molecular weight excluding hydrogens is 442 g/mol. The molecule has 1 unspecified atom stereocenters.